The highest BCUT2D eigenvalue weighted by molar-refractivity contribution is 7.13. The van der Waals surface area contributed by atoms with Gasteiger partial charge in [0, 0.05) is 70.0 Å². The lowest BCUT2D eigenvalue weighted by Crippen LogP contribution is -2.49. The highest BCUT2D eigenvalue weighted by Crippen LogP contribution is 2.32. The number of aromatic nitrogens is 1. The van der Waals surface area contributed by atoms with E-state index in [9.17, 15) is 18.0 Å². The molecule has 190 valence electrons. The second-order valence-corrected chi connectivity index (χ2v) is 9.93. The van der Waals surface area contributed by atoms with Gasteiger partial charge in [0.15, 0.2) is 5.13 Å². The summed E-state index contributed by atoms with van der Waals surface area (Å²) < 4.78 is 39.2. The molecule has 1 amide bonds. The number of piperazine rings is 2. The van der Waals surface area contributed by atoms with Gasteiger partial charge in [-0.2, -0.15) is 13.2 Å². The van der Waals surface area contributed by atoms with Crippen LogP contribution >= 0.6 is 11.3 Å². The number of carbonyl (C=O) groups is 1. The summed E-state index contributed by atoms with van der Waals surface area (Å²) in [4.78, 5) is 26.0. The second-order valence-electron chi connectivity index (χ2n) is 9.09. The van der Waals surface area contributed by atoms with E-state index >= 15 is 0 Å². The van der Waals surface area contributed by atoms with Crippen LogP contribution in [0.5, 0.6) is 0 Å². The number of halogens is 3. The Morgan fingerprint density at radius 1 is 0.861 bits per heavy atom. The number of thiazole rings is 1. The van der Waals surface area contributed by atoms with Gasteiger partial charge in [0.05, 0.1) is 5.56 Å². The molecule has 0 atom stereocenters. The molecule has 2 aliphatic heterocycles. The lowest BCUT2D eigenvalue weighted by atomic mass is 10.1. The van der Waals surface area contributed by atoms with Crippen LogP contribution in [0.15, 0.2) is 60.0 Å². The Bertz CT molecular complexity index is 1170. The smallest absolute Gasteiger partial charge is 0.368 e. The van der Waals surface area contributed by atoms with E-state index in [1.807, 2.05) is 16.3 Å². The topological polar surface area (TPSA) is 42.9 Å². The predicted molar refractivity (Wildman–Crippen MR) is 136 cm³/mol. The zero-order chi connectivity index (χ0) is 25.1. The number of alkyl halides is 3. The van der Waals surface area contributed by atoms with Crippen LogP contribution in [0.2, 0.25) is 0 Å². The van der Waals surface area contributed by atoms with Gasteiger partial charge in [0.25, 0.3) is 5.91 Å². The second kappa shape index (κ2) is 10.5. The van der Waals surface area contributed by atoms with Crippen molar-refractivity contribution in [3.05, 3.63) is 76.8 Å². The highest BCUT2D eigenvalue weighted by atomic mass is 32.1. The van der Waals surface area contributed by atoms with Crippen molar-refractivity contribution < 1.29 is 18.0 Å². The third kappa shape index (κ3) is 5.65. The minimum Gasteiger partial charge on any atom is -0.368 e. The molecule has 1 aromatic heterocycles. The van der Waals surface area contributed by atoms with Gasteiger partial charge in [0.1, 0.15) is 5.69 Å². The molecule has 2 saturated heterocycles. The van der Waals surface area contributed by atoms with Gasteiger partial charge in [-0.1, -0.05) is 36.4 Å². The summed E-state index contributed by atoms with van der Waals surface area (Å²) in [6.07, 6.45) is -4.37. The van der Waals surface area contributed by atoms with Crippen LogP contribution in [0, 0.1) is 0 Å². The van der Waals surface area contributed by atoms with Crippen LogP contribution in [-0.2, 0) is 12.7 Å². The quantitative estimate of drug-likeness (QED) is 0.503. The number of hydrogen-bond acceptors (Lipinski definition) is 6. The Labute approximate surface area is 212 Å². The summed E-state index contributed by atoms with van der Waals surface area (Å²) in [5, 5.41) is 2.67. The zero-order valence-corrected chi connectivity index (χ0v) is 20.6. The molecule has 6 nitrogen and oxygen atoms in total. The summed E-state index contributed by atoms with van der Waals surface area (Å²) >= 11 is 1.49. The molecule has 0 N–H and O–H groups in total. The minimum atomic E-state index is -4.37. The standard InChI is InChI=1S/C26H28F3N5OS/c27-26(28,29)21-7-4-8-22(17-21)32-13-15-33(16-14-32)24(35)23-19-36-25(30-23)34-11-9-31(10-12-34)18-20-5-2-1-3-6-20/h1-8,17,19H,9-16,18H2. The summed E-state index contributed by atoms with van der Waals surface area (Å²) in [6.45, 7) is 6.39. The van der Waals surface area contributed by atoms with Crippen molar-refractivity contribution in [3.63, 3.8) is 0 Å². The van der Waals surface area contributed by atoms with Crippen LogP contribution in [-0.4, -0.2) is 73.0 Å². The summed E-state index contributed by atoms with van der Waals surface area (Å²) in [7, 11) is 0. The van der Waals surface area contributed by atoms with Gasteiger partial charge < -0.3 is 14.7 Å². The first-order valence-corrected chi connectivity index (χ1v) is 12.9. The van der Waals surface area contributed by atoms with Crippen molar-refractivity contribution in [1.29, 1.82) is 0 Å². The highest BCUT2D eigenvalue weighted by Gasteiger charge is 2.31. The number of amides is 1. The van der Waals surface area contributed by atoms with Crippen molar-refractivity contribution in [1.82, 2.24) is 14.8 Å². The van der Waals surface area contributed by atoms with Gasteiger partial charge >= 0.3 is 6.18 Å². The maximum atomic E-state index is 13.1. The van der Waals surface area contributed by atoms with Gasteiger partial charge in [-0.25, -0.2) is 4.98 Å². The van der Waals surface area contributed by atoms with Crippen molar-refractivity contribution in [2.75, 3.05) is 62.2 Å². The number of hydrogen-bond donors (Lipinski definition) is 0. The zero-order valence-electron chi connectivity index (χ0n) is 19.8. The predicted octanol–water partition coefficient (Wildman–Crippen LogP) is 4.45. The fraction of sp³-hybridized carbons (Fsp3) is 0.385. The van der Waals surface area contributed by atoms with Crippen LogP contribution in [0.4, 0.5) is 24.0 Å². The molecular formula is C26H28F3N5OS. The normalized spacial score (nSPS) is 17.5. The van der Waals surface area contributed by atoms with Gasteiger partial charge in [0.2, 0.25) is 0 Å². The van der Waals surface area contributed by atoms with E-state index in [1.54, 1.807) is 11.0 Å². The fourth-order valence-electron chi connectivity index (χ4n) is 4.66. The maximum Gasteiger partial charge on any atom is 0.416 e. The Morgan fingerprint density at radius 2 is 1.56 bits per heavy atom. The Hall–Kier alpha value is -3.11. The van der Waals surface area contributed by atoms with Crippen molar-refractivity contribution in [2.24, 2.45) is 0 Å². The van der Waals surface area contributed by atoms with E-state index in [0.29, 0.717) is 37.6 Å². The van der Waals surface area contributed by atoms with Gasteiger partial charge in [-0.15, -0.1) is 11.3 Å². The average Bonchev–Trinajstić information content (AvgIpc) is 3.39. The SMILES string of the molecule is O=C(c1csc(N2CCN(Cc3ccccc3)CC2)n1)N1CCN(c2cccc(C(F)(F)F)c2)CC1. The van der Waals surface area contributed by atoms with Crippen molar-refractivity contribution >= 4 is 28.1 Å². The van der Waals surface area contributed by atoms with E-state index in [4.69, 9.17) is 0 Å². The molecule has 0 unspecified atom stereocenters. The average molecular weight is 516 g/mol. The summed E-state index contributed by atoms with van der Waals surface area (Å²) in [5.74, 6) is -0.121. The fourth-order valence-corrected chi connectivity index (χ4v) is 5.51. The van der Waals surface area contributed by atoms with Crippen molar-refractivity contribution in [2.45, 2.75) is 12.7 Å². The first-order valence-electron chi connectivity index (χ1n) is 12.0. The van der Waals surface area contributed by atoms with Crippen LogP contribution in [0.3, 0.4) is 0 Å². The minimum absolute atomic E-state index is 0.121. The largest absolute Gasteiger partial charge is 0.416 e. The first-order chi connectivity index (χ1) is 17.4. The number of benzene rings is 2. The third-order valence-corrected chi connectivity index (χ3v) is 7.61. The lowest BCUT2D eigenvalue weighted by Gasteiger charge is -2.36. The monoisotopic (exact) mass is 515 g/mol. The number of anilines is 2. The van der Waals surface area contributed by atoms with E-state index in [-0.39, 0.29) is 5.91 Å². The van der Waals surface area contributed by atoms with E-state index in [2.05, 4.69) is 39.0 Å². The van der Waals surface area contributed by atoms with E-state index in [1.165, 1.54) is 29.0 Å². The molecule has 2 aromatic carbocycles. The Balaban J connectivity index is 1.13. The molecular weight excluding hydrogens is 487 g/mol. The Morgan fingerprint density at radius 3 is 2.25 bits per heavy atom. The number of carbonyl (C=O) groups excluding carboxylic acids is 1. The van der Waals surface area contributed by atoms with Crippen LogP contribution in [0.1, 0.15) is 21.6 Å². The van der Waals surface area contributed by atoms with Crippen LogP contribution in [0.25, 0.3) is 0 Å². The summed E-state index contributed by atoms with van der Waals surface area (Å²) in [5.41, 5.74) is 1.61. The molecule has 10 heteroatoms. The van der Waals surface area contributed by atoms with E-state index < -0.39 is 11.7 Å². The molecule has 36 heavy (non-hydrogen) atoms. The molecule has 0 radical (unpaired) electrons. The Kier molecular flexibility index (Phi) is 7.15. The molecule has 0 saturated carbocycles. The number of rotatable bonds is 5. The molecule has 5 rings (SSSR count). The number of nitrogens with zero attached hydrogens (tertiary/aromatic N) is 5. The maximum absolute atomic E-state index is 13.1. The van der Waals surface area contributed by atoms with Crippen molar-refractivity contribution in [3.8, 4) is 0 Å². The third-order valence-electron chi connectivity index (χ3n) is 6.71. The molecule has 0 spiro atoms. The lowest BCUT2D eigenvalue weighted by molar-refractivity contribution is -0.137. The van der Waals surface area contributed by atoms with Gasteiger partial charge in [-0.3, -0.25) is 9.69 Å². The van der Waals surface area contributed by atoms with E-state index in [0.717, 1.165) is 43.9 Å². The molecule has 3 aromatic rings. The molecule has 2 aliphatic rings. The first kappa shape index (κ1) is 24.6. The van der Waals surface area contributed by atoms with Crippen LogP contribution < -0.4 is 9.80 Å². The molecule has 3 heterocycles. The molecule has 0 aliphatic carbocycles. The summed E-state index contributed by atoms with van der Waals surface area (Å²) in [6, 6.07) is 15.8. The van der Waals surface area contributed by atoms with Gasteiger partial charge in [-0.05, 0) is 23.8 Å². The molecule has 2 fully saturated rings. The molecule has 0 bridgehead atoms.